The Morgan fingerprint density at radius 1 is 1.43 bits per heavy atom. The predicted octanol–water partition coefficient (Wildman–Crippen LogP) is 2.01. The minimum atomic E-state index is -0.206. The number of nitrogens with zero attached hydrogens (tertiary/aromatic N) is 1. The van der Waals surface area contributed by atoms with E-state index in [0.717, 1.165) is 45.3 Å². The zero-order valence-electron chi connectivity index (χ0n) is 12.2. The number of nitrogens with one attached hydrogen (secondary N) is 1. The highest BCUT2D eigenvalue weighted by molar-refractivity contribution is 7.09. The third kappa shape index (κ3) is 3.15. The summed E-state index contributed by atoms with van der Waals surface area (Å²) in [5, 5.41) is 5.21. The lowest BCUT2D eigenvalue weighted by Gasteiger charge is -2.33. The van der Waals surface area contributed by atoms with Crippen LogP contribution >= 0.6 is 11.3 Å². The van der Waals surface area contributed by atoms with Gasteiger partial charge in [0.1, 0.15) is 6.10 Å². The Bertz CT molecular complexity index is 500. The molecule has 1 aromatic rings. The van der Waals surface area contributed by atoms with E-state index >= 15 is 0 Å². The highest BCUT2D eigenvalue weighted by atomic mass is 32.1. The van der Waals surface area contributed by atoms with E-state index in [1.54, 1.807) is 0 Å². The Balaban J connectivity index is 1.32. The van der Waals surface area contributed by atoms with Gasteiger partial charge >= 0.3 is 0 Å². The molecule has 5 heteroatoms. The van der Waals surface area contributed by atoms with E-state index in [2.05, 4.69) is 27.7 Å². The smallest absolute Gasteiger partial charge is 0.249 e. The number of thiophene rings is 1. The van der Waals surface area contributed by atoms with Crippen LogP contribution in [0, 0.1) is 5.92 Å². The van der Waals surface area contributed by atoms with Crippen molar-refractivity contribution in [2.45, 2.75) is 50.5 Å². The van der Waals surface area contributed by atoms with Gasteiger partial charge in [0, 0.05) is 24.0 Å². The fraction of sp³-hybridized carbons (Fsp3) is 0.688. The zero-order valence-corrected chi connectivity index (χ0v) is 13.0. The van der Waals surface area contributed by atoms with Crippen LogP contribution in [0.2, 0.25) is 0 Å². The SMILES string of the molecule is O=C(NC1CC1)[C@@H]1C[C@H]2CCN(Cc3cccs3)C[C@@H]2O1. The van der Waals surface area contributed by atoms with Crippen LogP contribution in [0.25, 0.3) is 0 Å². The van der Waals surface area contributed by atoms with E-state index in [4.69, 9.17) is 4.74 Å². The van der Waals surface area contributed by atoms with E-state index < -0.39 is 0 Å². The molecule has 0 radical (unpaired) electrons. The number of ether oxygens (including phenoxy) is 1. The molecule has 2 aliphatic heterocycles. The molecule has 3 heterocycles. The van der Waals surface area contributed by atoms with Gasteiger partial charge in [-0.1, -0.05) is 6.07 Å². The second kappa shape index (κ2) is 5.71. The van der Waals surface area contributed by atoms with Gasteiger partial charge in [-0.15, -0.1) is 11.3 Å². The molecule has 4 nitrogen and oxygen atoms in total. The van der Waals surface area contributed by atoms with Crippen molar-refractivity contribution < 1.29 is 9.53 Å². The van der Waals surface area contributed by atoms with Crippen LogP contribution in [-0.4, -0.2) is 42.1 Å². The monoisotopic (exact) mass is 306 g/mol. The van der Waals surface area contributed by atoms with Crippen molar-refractivity contribution >= 4 is 17.2 Å². The van der Waals surface area contributed by atoms with Crippen molar-refractivity contribution in [1.82, 2.24) is 10.2 Å². The third-order valence-electron chi connectivity index (χ3n) is 4.81. The van der Waals surface area contributed by atoms with Crippen LogP contribution in [0.1, 0.15) is 30.6 Å². The summed E-state index contributed by atoms with van der Waals surface area (Å²) < 4.78 is 6.05. The summed E-state index contributed by atoms with van der Waals surface area (Å²) in [6, 6.07) is 4.73. The molecular formula is C16H22N2O2S. The van der Waals surface area contributed by atoms with Crippen molar-refractivity contribution in [2.24, 2.45) is 5.92 Å². The van der Waals surface area contributed by atoms with Gasteiger partial charge in [-0.05, 0) is 49.6 Å². The maximum Gasteiger partial charge on any atom is 0.249 e. The van der Waals surface area contributed by atoms with Gasteiger partial charge in [-0.25, -0.2) is 0 Å². The number of hydrogen-bond donors (Lipinski definition) is 1. The molecule has 3 atom stereocenters. The maximum atomic E-state index is 12.1. The molecule has 1 N–H and O–H groups in total. The zero-order chi connectivity index (χ0) is 14.2. The maximum absolute atomic E-state index is 12.1. The van der Waals surface area contributed by atoms with Gasteiger partial charge in [0.05, 0.1) is 6.10 Å². The van der Waals surface area contributed by atoms with E-state index in [0.29, 0.717) is 12.0 Å². The molecule has 1 aliphatic carbocycles. The predicted molar refractivity (Wildman–Crippen MR) is 82.1 cm³/mol. The first-order chi connectivity index (χ1) is 10.3. The quantitative estimate of drug-likeness (QED) is 0.925. The average molecular weight is 306 g/mol. The Morgan fingerprint density at radius 3 is 3.10 bits per heavy atom. The third-order valence-corrected chi connectivity index (χ3v) is 5.67. The van der Waals surface area contributed by atoms with Gasteiger partial charge < -0.3 is 10.1 Å². The van der Waals surface area contributed by atoms with E-state index in [1.807, 2.05) is 11.3 Å². The largest absolute Gasteiger partial charge is 0.364 e. The lowest BCUT2D eigenvalue weighted by molar-refractivity contribution is -0.133. The lowest BCUT2D eigenvalue weighted by atomic mass is 9.91. The number of likely N-dealkylation sites (tertiary alicyclic amines) is 1. The summed E-state index contributed by atoms with van der Waals surface area (Å²) in [5.74, 6) is 0.691. The van der Waals surface area contributed by atoms with Gasteiger partial charge in [-0.2, -0.15) is 0 Å². The van der Waals surface area contributed by atoms with Crippen molar-refractivity contribution in [2.75, 3.05) is 13.1 Å². The molecular weight excluding hydrogens is 284 g/mol. The minimum absolute atomic E-state index is 0.122. The summed E-state index contributed by atoms with van der Waals surface area (Å²) in [6.45, 7) is 3.11. The fourth-order valence-electron chi connectivity index (χ4n) is 3.45. The fourth-order valence-corrected chi connectivity index (χ4v) is 4.20. The summed E-state index contributed by atoms with van der Waals surface area (Å²) >= 11 is 1.81. The number of carbonyl (C=O) groups excluding carboxylic acids is 1. The normalized spacial score (nSPS) is 32.9. The minimum Gasteiger partial charge on any atom is -0.364 e. The van der Waals surface area contributed by atoms with E-state index in [9.17, 15) is 4.79 Å². The van der Waals surface area contributed by atoms with Crippen molar-refractivity contribution in [3.8, 4) is 0 Å². The standard InChI is InChI=1S/C16H22N2O2S/c19-16(17-12-3-4-12)14-8-11-5-6-18(10-15(11)20-14)9-13-2-1-7-21-13/h1-2,7,11-12,14-15H,3-6,8-10H2,(H,17,19)/t11-,14+,15+/m1/s1. The van der Waals surface area contributed by atoms with Crippen LogP contribution < -0.4 is 5.32 Å². The summed E-state index contributed by atoms with van der Waals surface area (Å²) in [5.41, 5.74) is 0. The van der Waals surface area contributed by atoms with Crippen LogP contribution in [0.15, 0.2) is 17.5 Å². The highest BCUT2D eigenvalue weighted by Gasteiger charge is 2.42. The molecule has 1 saturated carbocycles. The van der Waals surface area contributed by atoms with Gasteiger partial charge in [-0.3, -0.25) is 9.69 Å². The number of carbonyl (C=O) groups is 1. The first-order valence-corrected chi connectivity index (χ1v) is 8.86. The summed E-state index contributed by atoms with van der Waals surface area (Å²) in [7, 11) is 0. The molecule has 0 spiro atoms. The van der Waals surface area contributed by atoms with Gasteiger partial charge in [0.25, 0.3) is 0 Å². The van der Waals surface area contributed by atoms with Crippen molar-refractivity contribution in [3.05, 3.63) is 22.4 Å². The summed E-state index contributed by atoms with van der Waals surface area (Å²) in [6.07, 6.45) is 4.38. The first kappa shape index (κ1) is 13.7. The van der Waals surface area contributed by atoms with Crippen molar-refractivity contribution in [3.63, 3.8) is 0 Å². The molecule has 1 amide bonds. The second-order valence-corrected chi connectivity index (χ2v) is 7.58. The number of piperidine rings is 1. The van der Waals surface area contributed by atoms with E-state index in [1.165, 1.54) is 4.88 Å². The number of fused-ring (bicyclic) bond motifs is 1. The molecule has 3 aliphatic rings. The molecule has 4 rings (SSSR count). The average Bonchev–Trinajstić information content (AvgIpc) is 3.00. The molecule has 0 aromatic carbocycles. The number of rotatable bonds is 4. The van der Waals surface area contributed by atoms with Gasteiger partial charge in [0.15, 0.2) is 0 Å². The number of hydrogen-bond acceptors (Lipinski definition) is 4. The van der Waals surface area contributed by atoms with Crippen LogP contribution in [0.3, 0.4) is 0 Å². The molecule has 0 unspecified atom stereocenters. The van der Waals surface area contributed by atoms with Crippen LogP contribution in [0.4, 0.5) is 0 Å². The lowest BCUT2D eigenvalue weighted by Crippen LogP contribution is -2.42. The highest BCUT2D eigenvalue weighted by Crippen LogP contribution is 2.34. The number of amides is 1. The van der Waals surface area contributed by atoms with Crippen molar-refractivity contribution in [1.29, 1.82) is 0 Å². The molecule has 21 heavy (non-hydrogen) atoms. The Morgan fingerprint density at radius 2 is 2.33 bits per heavy atom. The molecule has 2 saturated heterocycles. The molecule has 114 valence electrons. The van der Waals surface area contributed by atoms with E-state index in [-0.39, 0.29) is 18.1 Å². The van der Waals surface area contributed by atoms with Crippen LogP contribution in [0.5, 0.6) is 0 Å². The molecule has 0 bridgehead atoms. The Kier molecular flexibility index (Phi) is 3.73. The van der Waals surface area contributed by atoms with Crippen LogP contribution in [-0.2, 0) is 16.1 Å². The second-order valence-electron chi connectivity index (χ2n) is 6.54. The topological polar surface area (TPSA) is 41.6 Å². The summed E-state index contributed by atoms with van der Waals surface area (Å²) in [4.78, 5) is 16.0. The Labute approximate surface area is 129 Å². The molecule has 1 aromatic heterocycles. The van der Waals surface area contributed by atoms with Gasteiger partial charge in [0.2, 0.25) is 5.91 Å². The first-order valence-electron chi connectivity index (χ1n) is 7.98. The Hall–Kier alpha value is -0.910. The molecule has 3 fully saturated rings.